The summed E-state index contributed by atoms with van der Waals surface area (Å²) in [5, 5.41) is 11.6. The van der Waals surface area contributed by atoms with Crippen molar-refractivity contribution >= 4 is 29.4 Å². The zero-order valence-corrected chi connectivity index (χ0v) is 23.0. The first-order valence-electron chi connectivity index (χ1n) is 14.1. The maximum atomic E-state index is 14.5. The largest absolute Gasteiger partial charge is 0.369 e. The van der Waals surface area contributed by atoms with Crippen LogP contribution in [0.25, 0.3) is 0 Å². The van der Waals surface area contributed by atoms with E-state index in [9.17, 15) is 19.5 Å². The van der Waals surface area contributed by atoms with Crippen LogP contribution in [0.4, 0.5) is 0 Å². The van der Waals surface area contributed by atoms with Crippen molar-refractivity contribution in [1.29, 1.82) is 0 Å². The molecule has 1 aromatic carbocycles. The van der Waals surface area contributed by atoms with E-state index in [1.807, 2.05) is 44.2 Å². The van der Waals surface area contributed by atoms with E-state index < -0.39 is 22.8 Å². The van der Waals surface area contributed by atoms with Gasteiger partial charge in [0.1, 0.15) is 5.92 Å². The molecule has 200 valence electrons. The van der Waals surface area contributed by atoms with Gasteiger partial charge in [-0.15, -0.1) is 11.8 Å². The fourth-order valence-electron chi connectivity index (χ4n) is 7.53. The number of allylic oxidation sites excluding steroid dienone is 2. The molecule has 2 saturated heterocycles. The summed E-state index contributed by atoms with van der Waals surface area (Å²) in [4.78, 5) is 46.2. The second-order valence-corrected chi connectivity index (χ2v) is 12.5. The van der Waals surface area contributed by atoms with Crippen LogP contribution >= 0.6 is 11.8 Å². The third-order valence-electron chi connectivity index (χ3n) is 9.42. The van der Waals surface area contributed by atoms with Crippen molar-refractivity contribution in [1.82, 2.24) is 9.80 Å². The molecule has 8 unspecified atom stereocenters. The van der Waals surface area contributed by atoms with Gasteiger partial charge in [-0.3, -0.25) is 14.4 Å². The van der Waals surface area contributed by atoms with E-state index >= 15 is 0 Å². The first kappa shape index (κ1) is 26.5. The summed E-state index contributed by atoms with van der Waals surface area (Å²) in [5.74, 6) is -1.70. The number of nitrogens with zero attached hydrogens (tertiary/aromatic N) is 2. The fourth-order valence-corrected chi connectivity index (χ4v) is 8.99. The van der Waals surface area contributed by atoms with Gasteiger partial charge in [-0.25, -0.2) is 0 Å². The number of fused-ring (bicyclic) bond motifs is 2. The maximum Gasteiger partial charge on any atom is 0.236 e. The lowest BCUT2D eigenvalue weighted by Gasteiger charge is -2.42. The van der Waals surface area contributed by atoms with Crippen molar-refractivity contribution < 1.29 is 19.5 Å². The van der Waals surface area contributed by atoms with E-state index in [-0.39, 0.29) is 35.4 Å². The third kappa shape index (κ3) is 4.36. The monoisotopic (exact) mass is 524 g/mol. The minimum absolute atomic E-state index is 0.0379. The Bertz CT molecular complexity index is 1060. The molecule has 0 spiro atoms. The molecule has 0 radical (unpaired) electrons. The average Bonchev–Trinajstić information content (AvgIpc) is 3.36. The Hall–Kier alpha value is -2.12. The first-order valence-corrected chi connectivity index (χ1v) is 15.0. The van der Waals surface area contributed by atoms with Crippen LogP contribution in [-0.4, -0.2) is 63.1 Å². The van der Waals surface area contributed by atoms with Gasteiger partial charge in [0.05, 0.1) is 11.2 Å². The average molecular weight is 525 g/mol. The molecule has 6 nitrogen and oxygen atoms in total. The molecule has 37 heavy (non-hydrogen) atoms. The molecule has 2 heterocycles. The lowest BCUT2D eigenvalue weighted by Crippen LogP contribution is -2.55. The molecule has 4 aliphatic rings. The summed E-state index contributed by atoms with van der Waals surface area (Å²) in [6.45, 7) is 7.34. The third-order valence-corrected chi connectivity index (χ3v) is 10.8. The predicted molar refractivity (Wildman–Crippen MR) is 145 cm³/mol. The van der Waals surface area contributed by atoms with E-state index in [1.165, 1.54) is 23.1 Å². The summed E-state index contributed by atoms with van der Waals surface area (Å²) >= 11 is 1.39. The second-order valence-electron chi connectivity index (χ2n) is 11.2. The quantitative estimate of drug-likeness (QED) is 0.423. The van der Waals surface area contributed by atoms with Gasteiger partial charge in [-0.2, -0.15) is 0 Å². The highest BCUT2D eigenvalue weighted by Gasteiger charge is 2.68. The lowest BCUT2D eigenvalue weighted by atomic mass is 9.62. The Morgan fingerprint density at radius 3 is 2.49 bits per heavy atom. The molecule has 2 aliphatic heterocycles. The molecule has 0 aromatic heterocycles. The number of aliphatic hydroxyl groups is 1. The van der Waals surface area contributed by atoms with Gasteiger partial charge >= 0.3 is 0 Å². The van der Waals surface area contributed by atoms with Gasteiger partial charge in [-0.05, 0) is 63.0 Å². The van der Waals surface area contributed by atoms with E-state index in [4.69, 9.17) is 0 Å². The summed E-state index contributed by atoms with van der Waals surface area (Å²) in [5.41, 5.74) is -1.68. The normalized spacial score (nSPS) is 36.8. The molecule has 1 N–H and O–H groups in total. The molecule has 7 heteroatoms. The number of carbonyl (C=O) groups is 3. The van der Waals surface area contributed by atoms with Crippen molar-refractivity contribution in [3.05, 3.63) is 42.5 Å². The topological polar surface area (TPSA) is 77.9 Å². The Morgan fingerprint density at radius 1 is 1.08 bits per heavy atom. The summed E-state index contributed by atoms with van der Waals surface area (Å²) in [6, 6.07) is 9.66. The predicted octanol–water partition coefficient (Wildman–Crippen LogP) is 4.38. The molecule has 2 aliphatic carbocycles. The Morgan fingerprint density at radius 2 is 1.78 bits per heavy atom. The van der Waals surface area contributed by atoms with Gasteiger partial charge in [0.15, 0.2) is 11.5 Å². The van der Waals surface area contributed by atoms with E-state index in [0.29, 0.717) is 32.0 Å². The second kappa shape index (κ2) is 10.6. The van der Waals surface area contributed by atoms with Gasteiger partial charge in [0, 0.05) is 30.4 Å². The number of thioether (sulfide) groups is 1. The van der Waals surface area contributed by atoms with E-state index in [1.54, 1.807) is 4.90 Å². The van der Waals surface area contributed by atoms with Gasteiger partial charge in [0.2, 0.25) is 11.8 Å². The number of amides is 2. The molecule has 1 saturated carbocycles. The lowest BCUT2D eigenvalue weighted by molar-refractivity contribution is -0.155. The number of hydrogen-bond donors (Lipinski definition) is 1. The zero-order chi connectivity index (χ0) is 26.3. The summed E-state index contributed by atoms with van der Waals surface area (Å²) in [6.07, 6.45) is 9.25. The van der Waals surface area contributed by atoms with Gasteiger partial charge in [0.25, 0.3) is 0 Å². The van der Waals surface area contributed by atoms with Crippen LogP contribution in [0.2, 0.25) is 0 Å². The van der Waals surface area contributed by atoms with Crippen LogP contribution in [0, 0.1) is 35.5 Å². The SMILES string of the molecule is CCN(CC)C(=O)C1CCN2C(=O)C(C(=O)C3C(C)C=CC4CCCCC43)C(Sc3ccccc3)C12O. The molecule has 5 rings (SSSR count). The zero-order valence-electron chi connectivity index (χ0n) is 22.2. The molecule has 2 amide bonds. The number of hydrogen-bond acceptors (Lipinski definition) is 5. The Labute approximate surface area is 224 Å². The van der Waals surface area contributed by atoms with Crippen LogP contribution in [0.5, 0.6) is 0 Å². The molecule has 1 aromatic rings. The van der Waals surface area contributed by atoms with Crippen molar-refractivity contribution in [2.24, 2.45) is 35.5 Å². The number of benzene rings is 1. The van der Waals surface area contributed by atoms with E-state index in [2.05, 4.69) is 19.1 Å². The van der Waals surface area contributed by atoms with Crippen molar-refractivity contribution in [3.8, 4) is 0 Å². The number of carbonyl (C=O) groups excluding carboxylic acids is 3. The van der Waals surface area contributed by atoms with Crippen LogP contribution in [0.15, 0.2) is 47.4 Å². The highest BCUT2D eigenvalue weighted by molar-refractivity contribution is 8.00. The van der Waals surface area contributed by atoms with Crippen LogP contribution in [0.1, 0.15) is 52.9 Å². The van der Waals surface area contributed by atoms with E-state index in [0.717, 1.165) is 24.2 Å². The van der Waals surface area contributed by atoms with Crippen LogP contribution < -0.4 is 0 Å². The number of ketones is 1. The van der Waals surface area contributed by atoms with Crippen molar-refractivity contribution in [3.63, 3.8) is 0 Å². The minimum atomic E-state index is -1.68. The molecule has 8 atom stereocenters. The van der Waals surface area contributed by atoms with Crippen molar-refractivity contribution in [2.45, 2.75) is 68.7 Å². The Kier molecular flexibility index (Phi) is 7.56. The number of rotatable bonds is 7. The Balaban J connectivity index is 1.54. The van der Waals surface area contributed by atoms with Crippen LogP contribution in [0.3, 0.4) is 0 Å². The summed E-state index contributed by atoms with van der Waals surface area (Å²) < 4.78 is 0. The fraction of sp³-hybridized carbons (Fsp3) is 0.633. The molecular formula is C30H40N2O4S. The highest BCUT2D eigenvalue weighted by Crippen LogP contribution is 2.54. The molecule has 0 bridgehead atoms. The first-order chi connectivity index (χ1) is 17.8. The maximum absolute atomic E-state index is 14.5. The standard InChI is InChI=1S/C30H40N2O4S/c1-4-31(5-2)28(34)23-17-18-32-29(35)25(27(30(23,32)36)37-21-12-7-6-8-13-21)26(33)24-19(3)15-16-20-11-9-10-14-22(20)24/h6-8,12-13,15-16,19-20,22-25,27,36H,4-5,9-11,14,17-18H2,1-3H3. The highest BCUT2D eigenvalue weighted by atomic mass is 32.2. The van der Waals surface area contributed by atoms with Gasteiger partial charge in [-0.1, -0.05) is 50.1 Å². The van der Waals surface area contributed by atoms with Crippen LogP contribution in [-0.2, 0) is 14.4 Å². The molecule has 3 fully saturated rings. The van der Waals surface area contributed by atoms with Gasteiger partial charge < -0.3 is 14.9 Å². The van der Waals surface area contributed by atoms with Crippen molar-refractivity contribution in [2.75, 3.05) is 19.6 Å². The summed E-state index contributed by atoms with van der Waals surface area (Å²) in [7, 11) is 0. The number of Topliss-reactive ketones (excluding diaryl/α,β-unsaturated/α-hetero) is 1. The minimum Gasteiger partial charge on any atom is -0.369 e. The smallest absolute Gasteiger partial charge is 0.236 e. The molecular weight excluding hydrogens is 484 g/mol.